The summed E-state index contributed by atoms with van der Waals surface area (Å²) in [5.74, 6) is -0.382. The number of Topliss-reactive ketones (excluding diaryl/α,β-unsaturated/α-hetero) is 1. The molecule has 0 radical (unpaired) electrons. The van der Waals surface area contributed by atoms with Crippen molar-refractivity contribution in [1.82, 2.24) is 4.31 Å². The summed E-state index contributed by atoms with van der Waals surface area (Å²) in [6.45, 7) is 1.49. The van der Waals surface area contributed by atoms with Crippen molar-refractivity contribution in [2.45, 2.75) is 43.7 Å². The lowest BCUT2D eigenvalue weighted by Gasteiger charge is -2.33. The number of halogens is 2. The largest absolute Gasteiger partial charge is 0.506 e. The maximum absolute atomic E-state index is 13.0. The Labute approximate surface area is 157 Å². The number of hydrogen-bond donors (Lipinski definition) is 1. The molecule has 1 saturated heterocycles. The molecule has 1 heterocycles. The Morgan fingerprint density at radius 2 is 2.08 bits per heavy atom. The van der Waals surface area contributed by atoms with E-state index in [2.05, 4.69) is 6.08 Å². The molecule has 1 aromatic rings. The van der Waals surface area contributed by atoms with E-state index in [1.54, 1.807) is 0 Å². The molecular weight excluding hydrogens is 381 g/mol. The van der Waals surface area contributed by atoms with Gasteiger partial charge in [-0.25, -0.2) is 12.8 Å². The minimum absolute atomic E-state index is 0.0684. The van der Waals surface area contributed by atoms with Crippen molar-refractivity contribution in [1.29, 1.82) is 0 Å². The Morgan fingerprint density at radius 1 is 1.38 bits per heavy atom. The minimum Gasteiger partial charge on any atom is -0.506 e. The Morgan fingerprint density at radius 3 is 2.65 bits per heavy atom. The predicted molar refractivity (Wildman–Crippen MR) is 96.6 cm³/mol. The first kappa shape index (κ1) is 19.3. The van der Waals surface area contributed by atoms with Gasteiger partial charge in [0.15, 0.2) is 0 Å². The molecule has 5 nitrogen and oxygen atoms in total. The normalized spacial score (nSPS) is 21.5. The summed E-state index contributed by atoms with van der Waals surface area (Å²) in [5.41, 5.74) is 1.41. The highest BCUT2D eigenvalue weighted by molar-refractivity contribution is 7.89. The fourth-order valence-electron chi connectivity index (χ4n) is 3.42. The number of aromatic hydroxyl groups is 1. The first-order chi connectivity index (χ1) is 12.2. The highest BCUT2D eigenvalue weighted by Crippen LogP contribution is 2.38. The van der Waals surface area contributed by atoms with Gasteiger partial charge in [-0.3, -0.25) is 4.79 Å². The number of sulfonamides is 1. The number of hydrogen-bond acceptors (Lipinski definition) is 4. The fraction of sp³-hybridized carbons (Fsp3) is 0.500. The Kier molecular flexibility index (Phi) is 5.42. The number of carbonyl (C=O) groups is 1. The van der Waals surface area contributed by atoms with E-state index in [4.69, 9.17) is 11.6 Å². The molecule has 0 saturated carbocycles. The van der Waals surface area contributed by atoms with Crippen LogP contribution in [0.2, 0.25) is 5.02 Å². The van der Waals surface area contributed by atoms with Crippen molar-refractivity contribution in [2.24, 2.45) is 5.92 Å². The topological polar surface area (TPSA) is 74.7 Å². The quantitative estimate of drug-likeness (QED) is 0.742. The molecule has 0 aromatic heterocycles. The maximum atomic E-state index is 13.0. The number of nitrogens with zero attached hydrogens (tertiary/aromatic N) is 1. The van der Waals surface area contributed by atoms with Gasteiger partial charge in [-0.05, 0) is 31.7 Å². The van der Waals surface area contributed by atoms with Crippen LogP contribution < -0.4 is 0 Å². The molecule has 1 aromatic carbocycles. The van der Waals surface area contributed by atoms with Crippen LogP contribution in [0.5, 0.6) is 5.75 Å². The SMILES string of the molecule is CC1=CCCC1CC(=O)Cc1ccc(Cl)c(S(=O)(=O)N2CC(F)C2)c1O. The summed E-state index contributed by atoms with van der Waals surface area (Å²) in [6, 6.07) is 2.81. The van der Waals surface area contributed by atoms with Crippen molar-refractivity contribution in [3.8, 4) is 5.75 Å². The van der Waals surface area contributed by atoms with Crippen LogP contribution in [0.15, 0.2) is 28.7 Å². The van der Waals surface area contributed by atoms with Gasteiger partial charge in [-0.15, -0.1) is 0 Å². The lowest BCUT2D eigenvalue weighted by molar-refractivity contribution is -0.119. The van der Waals surface area contributed by atoms with E-state index < -0.39 is 26.8 Å². The number of phenolic OH excluding ortho intramolecular Hbond substituents is 1. The van der Waals surface area contributed by atoms with Crippen molar-refractivity contribution < 1.29 is 22.7 Å². The zero-order chi connectivity index (χ0) is 19.1. The second-order valence-electron chi connectivity index (χ2n) is 6.95. The van der Waals surface area contributed by atoms with Gasteiger partial charge in [-0.2, -0.15) is 4.31 Å². The lowest BCUT2D eigenvalue weighted by atomic mass is 9.93. The monoisotopic (exact) mass is 401 g/mol. The third-order valence-electron chi connectivity index (χ3n) is 5.06. The first-order valence-corrected chi connectivity index (χ1v) is 10.3. The molecule has 1 atom stereocenters. The van der Waals surface area contributed by atoms with E-state index in [1.807, 2.05) is 6.92 Å². The molecule has 3 rings (SSSR count). The molecule has 0 spiro atoms. The molecule has 1 N–H and O–H groups in total. The zero-order valence-electron chi connectivity index (χ0n) is 14.4. The highest BCUT2D eigenvalue weighted by atomic mass is 35.5. The molecule has 1 fully saturated rings. The average molecular weight is 402 g/mol. The minimum atomic E-state index is -4.09. The van der Waals surface area contributed by atoms with E-state index >= 15 is 0 Å². The van der Waals surface area contributed by atoms with Crippen LogP contribution in [0.3, 0.4) is 0 Å². The number of allylic oxidation sites excluding steroid dienone is 2. The predicted octanol–water partition coefficient (Wildman–Crippen LogP) is 3.25. The molecule has 0 amide bonds. The lowest BCUT2D eigenvalue weighted by Crippen LogP contribution is -2.51. The Balaban J connectivity index is 1.81. The van der Waals surface area contributed by atoms with Crippen LogP contribution in [-0.2, 0) is 21.2 Å². The molecule has 1 aliphatic carbocycles. The van der Waals surface area contributed by atoms with Crippen LogP contribution in [0.4, 0.5) is 4.39 Å². The number of phenols is 1. The zero-order valence-corrected chi connectivity index (χ0v) is 16.0. The van der Waals surface area contributed by atoms with Gasteiger partial charge < -0.3 is 5.11 Å². The van der Waals surface area contributed by atoms with Gasteiger partial charge in [-0.1, -0.05) is 29.3 Å². The van der Waals surface area contributed by atoms with Gasteiger partial charge in [0.2, 0.25) is 10.0 Å². The van der Waals surface area contributed by atoms with Gasteiger partial charge >= 0.3 is 0 Å². The smallest absolute Gasteiger partial charge is 0.248 e. The highest BCUT2D eigenvalue weighted by Gasteiger charge is 2.39. The summed E-state index contributed by atoms with van der Waals surface area (Å²) >= 11 is 5.99. The van der Waals surface area contributed by atoms with Gasteiger partial charge in [0.1, 0.15) is 22.6 Å². The van der Waals surface area contributed by atoms with Gasteiger partial charge in [0.25, 0.3) is 0 Å². The molecular formula is C18H21ClFNO4S. The third kappa shape index (κ3) is 3.66. The summed E-state index contributed by atoms with van der Waals surface area (Å²) in [5, 5.41) is 10.3. The molecule has 26 heavy (non-hydrogen) atoms. The van der Waals surface area contributed by atoms with E-state index in [9.17, 15) is 22.7 Å². The van der Waals surface area contributed by atoms with Crippen molar-refractivity contribution in [3.63, 3.8) is 0 Å². The van der Waals surface area contributed by atoms with E-state index in [0.29, 0.717) is 6.42 Å². The molecule has 2 aliphatic rings. The number of benzene rings is 1. The second-order valence-corrected chi connectivity index (χ2v) is 9.23. The van der Waals surface area contributed by atoms with Crippen molar-refractivity contribution in [3.05, 3.63) is 34.4 Å². The number of alkyl halides is 1. The molecule has 8 heteroatoms. The number of ketones is 1. The average Bonchev–Trinajstić information content (AvgIpc) is 2.92. The first-order valence-electron chi connectivity index (χ1n) is 8.53. The molecule has 142 valence electrons. The van der Waals surface area contributed by atoms with Gasteiger partial charge in [0, 0.05) is 31.5 Å². The summed E-state index contributed by atoms with van der Waals surface area (Å²) in [7, 11) is -4.09. The van der Waals surface area contributed by atoms with Crippen LogP contribution in [0.25, 0.3) is 0 Å². The second kappa shape index (κ2) is 7.29. The van der Waals surface area contributed by atoms with Gasteiger partial charge in [0.05, 0.1) is 5.02 Å². The van der Waals surface area contributed by atoms with E-state index in [0.717, 1.165) is 17.1 Å². The maximum Gasteiger partial charge on any atom is 0.248 e. The molecule has 1 unspecified atom stereocenters. The summed E-state index contributed by atoms with van der Waals surface area (Å²) in [6.07, 6.45) is 3.10. The van der Waals surface area contributed by atoms with Crippen molar-refractivity contribution in [2.75, 3.05) is 13.1 Å². The van der Waals surface area contributed by atoms with Crippen LogP contribution in [-0.4, -0.2) is 42.9 Å². The Bertz CT molecular complexity index is 862. The third-order valence-corrected chi connectivity index (χ3v) is 7.39. The standard InChI is InChI=1S/C18H21ClFNO4S/c1-11-3-2-4-12(11)7-15(22)8-13-5-6-16(19)18(17(13)23)26(24,25)21-9-14(20)10-21/h3,5-6,12,14,23H,2,4,7-10H2,1H3. The van der Waals surface area contributed by atoms with Crippen molar-refractivity contribution >= 4 is 27.4 Å². The van der Waals surface area contributed by atoms with E-state index in [-0.39, 0.29) is 41.8 Å². The van der Waals surface area contributed by atoms with E-state index in [1.165, 1.54) is 17.7 Å². The fourth-order valence-corrected chi connectivity index (χ4v) is 5.53. The van der Waals surface area contributed by atoms with Crippen LogP contribution in [0, 0.1) is 5.92 Å². The number of carbonyl (C=O) groups excluding carboxylic acids is 1. The summed E-state index contributed by atoms with van der Waals surface area (Å²) < 4.78 is 39.1. The molecule has 1 aliphatic heterocycles. The van der Waals surface area contributed by atoms with Crippen LogP contribution >= 0.6 is 11.6 Å². The number of rotatable bonds is 6. The molecule has 0 bridgehead atoms. The van der Waals surface area contributed by atoms with Crippen LogP contribution in [0.1, 0.15) is 31.7 Å². The summed E-state index contributed by atoms with van der Waals surface area (Å²) in [4.78, 5) is 11.9. The Hall–Kier alpha value is -1.44.